The van der Waals surface area contributed by atoms with Crippen LogP contribution in [0.4, 0.5) is 5.13 Å². The maximum absolute atomic E-state index is 12.8. The number of thioether (sulfide) groups is 1. The molecule has 0 radical (unpaired) electrons. The van der Waals surface area contributed by atoms with Crippen molar-refractivity contribution in [2.24, 2.45) is 0 Å². The van der Waals surface area contributed by atoms with Gasteiger partial charge < -0.3 is 0 Å². The van der Waals surface area contributed by atoms with E-state index in [1.807, 2.05) is 43.3 Å². The van der Waals surface area contributed by atoms with E-state index in [4.69, 9.17) is 11.6 Å². The summed E-state index contributed by atoms with van der Waals surface area (Å²) in [6.07, 6.45) is 0. The molecule has 0 fully saturated rings. The first-order valence-corrected chi connectivity index (χ1v) is 10.7. The summed E-state index contributed by atoms with van der Waals surface area (Å²) in [7, 11) is 0. The minimum Gasteiger partial charge on any atom is -0.288 e. The number of amides is 1. The molecule has 4 aromatic rings. The number of anilines is 1. The molecule has 7 nitrogen and oxygen atoms in total. The highest BCUT2D eigenvalue weighted by atomic mass is 35.5. The molecule has 0 aliphatic heterocycles. The molecule has 2 heterocycles. The molecular weight excluding hydrogens is 416 g/mol. The molecule has 0 saturated heterocycles. The van der Waals surface area contributed by atoms with Crippen LogP contribution in [0.1, 0.15) is 6.92 Å². The number of carbonyl (C=O) groups is 1. The summed E-state index contributed by atoms with van der Waals surface area (Å²) < 4.78 is 2.64. The predicted molar refractivity (Wildman–Crippen MR) is 113 cm³/mol. The molecule has 2 aromatic heterocycles. The Morgan fingerprint density at radius 3 is 2.75 bits per heavy atom. The number of tetrazole rings is 1. The number of hydrogen-bond donors (Lipinski definition) is 0. The van der Waals surface area contributed by atoms with E-state index < -0.39 is 0 Å². The van der Waals surface area contributed by atoms with Gasteiger partial charge in [0.15, 0.2) is 5.13 Å². The SMILES string of the molecule is CCN(C(=O)CSc1nnnn1-c1ccc(Cl)cc1)c1nc2ccccc2s1. The number of rotatable bonds is 6. The molecule has 0 spiro atoms. The Labute approximate surface area is 174 Å². The molecule has 0 atom stereocenters. The minimum atomic E-state index is -0.0442. The van der Waals surface area contributed by atoms with Crippen LogP contribution in [-0.4, -0.2) is 43.4 Å². The van der Waals surface area contributed by atoms with Crippen molar-refractivity contribution < 1.29 is 4.79 Å². The number of halogens is 1. The van der Waals surface area contributed by atoms with Crippen molar-refractivity contribution in [1.82, 2.24) is 25.2 Å². The van der Waals surface area contributed by atoms with Crippen LogP contribution in [0.15, 0.2) is 53.7 Å². The van der Waals surface area contributed by atoms with Gasteiger partial charge in [0.25, 0.3) is 0 Å². The summed E-state index contributed by atoms with van der Waals surface area (Å²) in [4.78, 5) is 19.1. The lowest BCUT2D eigenvalue weighted by Gasteiger charge is -2.17. The molecule has 0 bridgehead atoms. The van der Waals surface area contributed by atoms with Crippen LogP contribution in [0.5, 0.6) is 0 Å². The fraction of sp³-hybridized carbons (Fsp3) is 0.167. The van der Waals surface area contributed by atoms with E-state index in [1.165, 1.54) is 23.1 Å². The van der Waals surface area contributed by atoms with Gasteiger partial charge in [0.05, 0.1) is 21.7 Å². The number of para-hydroxylation sites is 1. The Balaban J connectivity index is 1.49. The summed E-state index contributed by atoms with van der Waals surface area (Å²) in [5.41, 5.74) is 1.68. The molecule has 4 rings (SSSR count). The van der Waals surface area contributed by atoms with Crippen LogP contribution in [0.25, 0.3) is 15.9 Å². The molecule has 0 aliphatic carbocycles. The van der Waals surface area contributed by atoms with Crippen LogP contribution in [0, 0.1) is 0 Å². The van der Waals surface area contributed by atoms with Gasteiger partial charge in [0.2, 0.25) is 11.1 Å². The van der Waals surface area contributed by atoms with Crippen LogP contribution in [-0.2, 0) is 4.79 Å². The number of hydrogen-bond acceptors (Lipinski definition) is 7. The zero-order valence-corrected chi connectivity index (χ0v) is 17.2. The van der Waals surface area contributed by atoms with Gasteiger partial charge in [-0.2, -0.15) is 4.68 Å². The van der Waals surface area contributed by atoms with Gasteiger partial charge in [-0.1, -0.05) is 46.8 Å². The Hall–Kier alpha value is -2.49. The third-order valence-corrected chi connectivity index (χ3v) is 6.18. The quantitative estimate of drug-likeness (QED) is 0.429. The molecule has 2 aromatic carbocycles. The van der Waals surface area contributed by atoms with Gasteiger partial charge in [0.1, 0.15) is 0 Å². The zero-order valence-electron chi connectivity index (χ0n) is 14.8. The van der Waals surface area contributed by atoms with Crippen LogP contribution in [0.2, 0.25) is 5.02 Å². The molecule has 10 heteroatoms. The lowest BCUT2D eigenvalue weighted by atomic mass is 10.3. The highest BCUT2D eigenvalue weighted by molar-refractivity contribution is 7.99. The van der Waals surface area contributed by atoms with Crippen LogP contribution >= 0.6 is 34.7 Å². The summed E-state index contributed by atoms with van der Waals surface area (Å²) in [6.45, 7) is 2.48. The first kappa shape index (κ1) is 18.9. The summed E-state index contributed by atoms with van der Waals surface area (Å²) in [5.74, 6) is 0.162. The molecule has 0 aliphatic rings. The Morgan fingerprint density at radius 2 is 2.00 bits per heavy atom. The Bertz CT molecular complexity index is 1080. The summed E-state index contributed by atoms with van der Waals surface area (Å²) in [5, 5.41) is 13.6. The van der Waals surface area contributed by atoms with Crippen molar-refractivity contribution in [3.8, 4) is 5.69 Å². The summed E-state index contributed by atoms with van der Waals surface area (Å²) >= 11 is 8.73. The lowest BCUT2D eigenvalue weighted by molar-refractivity contribution is -0.116. The van der Waals surface area contributed by atoms with E-state index >= 15 is 0 Å². The number of carbonyl (C=O) groups excluding carboxylic acids is 1. The Kier molecular flexibility index (Phi) is 5.56. The molecule has 0 unspecified atom stereocenters. The third kappa shape index (κ3) is 3.87. The fourth-order valence-corrected chi connectivity index (χ4v) is 4.55. The second kappa shape index (κ2) is 8.26. The Morgan fingerprint density at radius 1 is 1.21 bits per heavy atom. The molecular formula is C18H15ClN6OS2. The largest absolute Gasteiger partial charge is 0.288 e. The first-order valence-electron chi connectivity index (χ1n) is 8.49. The van der Waals surface area contributed by atoms with Crippen molar-refractivity contribution in [2.45, 2.75) is 12.1 Å². The van der Waals surface area contributed by atoms with Crippen molar-refractivity contribution in [3.63, 3.8) is 0 Å². The van der Waals surface area contributed by atoms with Gasteiger partial charge in [0, 0.05) is 11.6 Å². The highest BCUT2D eigenvalue weighted by Gasteiger charge is 2.20. The summed E-state index contributed by atoms with van der Waals surface area (Å²) in [6, 6.07) is 15.0. The van der Waals surface area contributed by atoms with E-state index in [9.17, 15) is 4.79 Å². The second-order valence-electron chi connectivity index (χ2n) is 5.74. The lowest BCUT2D eigenvalue weighted by Crippen LogP contribution is -2.32. The molecule has 142 valence electrons. The minimum absolute atomic E-state index is 0.0442. The fourth-order valence-electron chi connectivity index (χ4n) is 2.61. The van der Waals surface area contributed by atoms with Gasteiger partial charge in [-0.05, 0) is 53.7 Å². The maximum atomic E-state index is 12.8. The highest BCUT2D eigenvalue weighted by Crippen LogP contribution is 2.29. The zero-order chi connectivity index (χ0) is 19.5. The van der Waals surface area contributed by atoms with Crippen molar-refractivity contribution in [2.75, 3.05) is 17.2 Å². The van der Waals surface area contributed by atoms with E-state index in [0.717, 1.165) is 15.9 Å². The van der Waals surface area contributed by atoms with E-state index in [0.29, 0.717) is 21.9 Å². The van der Waals surface area contributed by atoms with Gasteiger partial charge in [-0.15, -0.1) is 5.10 Å². The van der Waals surface area contributed by atoms with Crippen LogP contribution < -0.4 is 4.90 Å². The second-order valence-corrected chi connectivity index (χ2v) is 8.13. The maximum Gasteiger partial charge on any atom is 0.239 e. The monoisotopic (exact) mass is 430 g/mol. The average molecular weight is 431 g/mol. The average Bonchev–Trinajstić information content (AvgIpc) is 3.34. The number of benzene rings is 2. The normalized spacial score (nSPS) is 11.1. The molecule has 1 amide bonds. The van der Waals surface area contributed by atoms with Crippen molar-refractivity contribution in [1.29, 1.82) is 0 Å². The standard InChI is InChI=1S/C18H15ClN6OS2/c1-2-24(17-20-14-5-3-4-6-15(14)28-17)16(26)11-27-18-21-22-23-25(18)13-9-7-12(19)8-10-13/h3-10H,2,11H2,1H3. The predicted octanol–water partition coefficient (Wildman–Crippen LogP) is 4.07. The first-order chi connectivity index (χ1) is 13.7. The molecule has 28 heavy (non-hydrogen) atoms. The smallest absolute Gasteiger partial charge is 0.239 e. The topological polar surface area (TPSA) is 76.8 Å². The van der Waals surface area contributed by atoms with E-state index in [-0.39, 0.29) is 11.7 Å². The van der Waals surface area contributed by atoms with Gasteiger partial charge in [-0.3, -0.25) is 9.69 Å². The molecule has 0 N–H and O–H groups in total. The third-order valence-electron chi connectivity index (χ3n) is 3.97. The van der Waals surface area contributed by atoms with E-state index in [2.05, 4.69) is 20.5 Å². The van der Waals surface area contributed by atoms with Crippen molar-refractivity contribution >= 4 is 56.0 Å². The van der Waals surface area contributed by atoms with Crippen molar-refractivity contribution in [3.05, 3.63) is 53.6 Å². The number of thiazole rings is 1. The molecule has 0 saturated carbocycles. The van der Waals surface area contributed by atoms with E-state index in [1.54, 1.807) is 21.7 Å². The number of nitrogens with zero attached hydrogens (tertiary/aromatic N) is 6. The number of aromatic nitrogens is 5. The number of fused-ring (bicyclic) bond motifs is 1. The van der Waals surface area contributed by atoms with Gasteiger partial charge >= 0.3 is 0 Å². The van der Waals surface area contributed by atoms with Gasteiger partial charge in [-0.25, -0.2) is 4.98 Å². The van der Waals surface area contributed by atoms with Crippen LogP contribution in [0.3, 0.4) is 0 Å².